The van der Waals surface area contributed by atoms with Crippen molar-refractivity contribution in [3.8, 4) is 0 Å². The number of allylic oxidation sites excluding steroid dienone is 4. The van der Waals surface area contributed by atoms with Crippen LogP contribution < -0.4 is 0 Å². The van der Waals surface area contributed by atoms with Gasteiger partial charge in [0.15, 0.2) is 6.10 Å². The Morgan fingerprint density at radius 1 is 0.264 bits per heavy atom. The second-order valence-electron chi connectivity index (χ2n) is 22.0. The molecule has 0 spiro atoms. The summed E-state index contributed by atoms with van der Waals surface area (Å²) in [6, 6.07) is 0. The van der Waals surface area contributed by atoms with Crippen LogP contribution in [0.1, 0.15) is 361 Å². The molecule has 0 N–H and O–H groups in total. The molecule has 0 heterocycles. The van der Waals surface area contributed by atoms with Crippen molar-refractivity contribution in [2.45, 2.75) is 367 Å². The first kappa shape index (κ1) is 69.9. The van der Waals surface area contributed by atoms with Gasteiger partial charge in [-0.25, -0.2) is 0 Å². The summed E-state index contributed by atoms with van der Waals surface area (Å²) in [4.78, 5) is 38.3. The Bertz CT molecular complexity index is 1090. The first-order chi connectivity index (χ1) is 35.5. The lowest BCUT2D eigenvalue weighted by Crippen LogP contribution is -2.30. The minimum atomic E-state index is -0.768. The van der Waals surface area contributed by atoms with Gasteiger partial charge in [-0.3, -0.25) is 14.4 Å². The van der Waals surface area contributed by atoms with Crippen LogP contribution in [0.3, 0.4) is 0 Å². The van der Waals surface area contributed by atoms with Crippen LogP contribution >= 0.6 is 0 Å². The Labute approximate surface area is 449 Å². The van der Waals surface area contributed by atoms with E-state index in [9.17, 15) is 14.4 Å². The van der Waals surface area contributed by atoms with Gasteiger partial charge in [0.2, 0.25) is 0 Å². The molecule has 0 fully saturated rings. The molecule has 6 heteroatoms. The first-order valence-electron chi connectivity index (χ1n) is 32.3. The molecule has 0 unspecified atom stereocenters. The number of hydrogen-bond donors (Lipinski definition) is 0. The number of rotatable bonds is 60. The Kier molecular flexibility index (Phi) is 59.6. The largest absolute Gasteiger partial charge is 0.462 e. The summed E-state index contributed by atoms with van der Waals surface area (Å²) in [5, 5.41) is 0. The number of unbranched alkanes of at least 4 members (excludes halogenated alkanes) is 45. The second-order valence-corrected chi connectivity index (χ2v) is 22.0. The average molecular weight is 1010 g/mol. The summed E-state index contributed by atoms with van der Waals surface area (Å²) in [6.45, 7) is 6.69. The third-order valence-corrected chi connectivity index (χ3v) is 14.7. The van der Waals surface area contributed by atoms with Crippen molar-refractivity contribution in [3.05, 3.63) is 24.3 Å². The summed E-state index contributed by atoms with van der Waals surface area (Å²) in [5.41, 5.74) is 0. The van der Waals surface area contributed by atoms with Crippen LogP contribution in [0.25, 0.3) is 0 Å². The van der Waals surface area contributed by atoms with E-state index in [0.717, 1.165) is 57.8 Å². The molecule has 0 radical (unpaired) electrons. The molecular formula is C66H124O6. The van der Waals surface area contributed by atoms with E-state index >= 15 is 0 Å². The number of ether oxygens (including phenoxy) is 3. The van der Waals surface area contributed by atoms with Crippen LogP contribution in [-0.4, -0.2) is 37.2 Å². The fourth-order valence-electron chi connectivity index (χ4n) is 9.79. The third-order valence-electron chi connectivity index (χ3n) is 14.7. The number of carbonyl (C=O) groups excluding carboxylic acids is 3. The van der Waals surface area contributed by atoms with Gasteiger partial charge in [0.25, 0.3) is 0 Å². The van der Waals surface area contributed by atoms with Crippen molar-refractivity contribution in [2.75, 3.05) is 13.2 Å². The molecule has 0 aromatic heterocycles. The van der Waals surface area contributed by atoms with Crippen molar-refractivity contribution in [1.29, 1.82) is 0 Å². The van der Waals surface area contributed by atoms with Gasteiger partial charge in [-0.1, -0.05) is 295 Å². The first-order valence-corrected chi connectivity index (χ1v) is 32.3. The van der Waals surface area contributed by atoms with Crippen LogP contribution in [0.2, 0.25) is 0 Å². The van der Waals surface area contributed by atoms with Crippen molar-refractivity contribution in [1.82, 2.24) is 0 Å². The van der Waals surface area contributed by atoms with E-state index in [1.807, 2.05) is 0 Å². The zero-order valence-electron chi connectivity index (χ0n) is 48.7. The van der Waals surface area contributed by atoms with Crippen molar-refractivity contribution in [3.63, 3.8) is 0 Å². The summed E-state index contributed by atoms with van der Waals surface area (Å²) in [6.07, 6.45) is 73.3. The van der Waals surface area contributed by atoms with Gasteiger partial charge >= 0.3 is 17.9 Å². The maximum absolute atomic E-state index is 12.9. The minimum absolute atomic E-state index is 0.0665. The van der Waals surface area contributed by atoms with Crippen LogP contribution in [0, 0.1) is 0 Å². The molecule has 0 rings (SSSR count). The van der Waals surface area contributed by atoms with Crippen molar-refractivity contribution >= 4 is 17.9 Å². The predicted molar refractivity (Wildman–Crippen MR) is 312 cm³/mol. The Morgan fingerprint density at radius 2 is 0.458 bits per heavy atom. The molecule has 0 aliphatic rings. The minimum Gasteiger partial charge on any atom is -0.462 e. The zero-order chi connectivity index (χ0) is 52.2. The molecule has 424 valence electrons. The topological polar surface area (TPSA) is 78.9 Å². The van der Waals surface area contributed by atoms with Crippen molar-refractivity contribution in [2.24, 2.45) is 0 Å². The molecule has 6 nitrogen and oxygen atoms in total. The quantitative estimate of drug-likeness (QED) is 0.0261. The van der Waals surface area contributed by atoms with Crippen LogP contribution in [0.5, 0.6) is 0 Å². The van der Waals surface area contributed by atoms with Crippen LogP contribution in [0.4, 0.5) is 0 Å². The molecule has 0 amide bonds. The summed E-state index contributed by atoms with van der Waals surface area (Å²) < 4.78 is 16.9. The fourth-order valence-corrected chi connectivity index (χ4v) is 9.79. The van der Waals surface area contributed by atoms with Crippen LogP contribution in [-0.2, 0) is 28.6 Å². The smallest absolute Gasteiger partial charge is 0.306 e. The van der Waals surface area contributed by atoms with Gasteiger partial charge in [0.1, 0.15) is 13.2 Å². The average Bonchev–Trinajstić information content (AvgIpc) is 3.38. The van der Waals surface area contributed by atoms with Gasteiger partial charge in [0.05, 0.1) is 0 Å². The van der Waals surface area contributed by atoms with Gasteiger partial charge in [-0.05, 0) is 70.6 Å². The maximum atomic E-state index is 12.9. The van der Waals surface area contributed by atoms with E-state index in [4.69, 9.17) is 14.2 Å². The Balaban J connectivity index is 4.23. The molecule has 0 saturated carbocycles. The molecule has 0 aliphatic carbocycles. The SMILES string of the molecule is CCCCCCCC/C=C\CCCCCCCCCCCCCC(=O)OCC(COC(=O)CCCCCCCCCCCCC/C=C\CCCCCCCC)OC(=O)CCCCCCCCCCCCCC. The predicted octanol–water partition coefficient (Wildman–Crippen LogP) is 21.8. The fraction of sp³-hybridized carbons (Fsp3) is 0.894. The van der Waals surface area contributed by atoms with E-state index in [0.29, 0.717) is 19.3 Å². The lowest BCUT2D eigenvalue weighted by atomic mass is 10.0. The Morgan fingerprint density at radius 3 is 0.694 bits per heavy atom. The van der Waals surface area contributed by atoms with Crippen molar-refractivity contribution < 1.29 is 28.6 Å². The van der Waals surface area contributed by atoms with Crippen LogP contribution in [0.15, 0.2) is 24.3 Å². The second kappa shape index (κ2) is 61.4. The maximum Gasteiger partial charge on any atom is 0.306 e. The van der Waals surface area contributed by atoms with E-state index in [1.54, 1.807) is 0 Å². The summed E-state index contributed by atoms with van der Waals surface area (Å²) in [7, 11) is 0. The monoisotopic (exact) mass is 1010 g/mol. The van der Waals surface area contributed by atoms with Gasteiger partial charge < -0.3 is 14.2 Å². The van der Waals surface area contributed by atoms with E-state index < -0.39 is 6.10 Å². The normalized spacial score (nSPS) is 11.7. The molecule has 0 aromatic carbocycles. The molecule has 72 heavy (non-hydrogen) atoms. The Hall–Kier alpha value is -2.11. The number of carbonyl (C=O) groups is 3. The van der Waals surface area contributed by atoms with E-state index in [2.05, 4.69) is 45.1 Å². The van der Waals surface area contributed by atoms with Gasteiger partial charge in [-0.15, -0.1) is 0 Å². The highest BCUT2D eigenvalue weighted by molar-refractivity contribution is 5.71. The highest BCUT2D eigenvalue weighted by Gasteiger charge is 2.19. The number of hydrogen-bond acceptors (Lipinski definition) is 6. The molecule has 0 aliphatic heterocycles. The highest BCUT2D eigenvalue weighted by Crippen LogP contribution is 2.17. The summed E-state index contributed by atoms with van der Waals surface area (Å²) >= 11 is 0. The molecule has 0 atom stereocenters. The van der Waals surface area contributed by atoms with Gasteiger partial charge in [-0.2, -0.15) is 0 Å². The molecular weight excluding hydrogens is 889 g/mol. The zero-order valence-corrected chi connectivity index (χ0v) is 48.7. The lowest BCUT2D eigenvalue weighted by Gasteiger charge is -2.18. The van der Waals surface area contributed by atoms with E-state index in [1.165, 1.54) is 263 Å². The van der Waals surface area contributed by atoms with E-state index in [-0.39, 0.29) is 31.1 Å². The molecule has 0 bridgehead atoms. The molecule has 0 aromatic rings. The summed E-state index contributed by atoms with van der Waals surface area (Å²) in [5.74, 6) is -0.842. The standard InChI is InChI=1S/C66H124O6/c1-4-7-10-13-16-19-22-25-27-29-31-33-35-37-39-41-44-46-49-52-55-58-64(67)70-61-63(72-66(69)60-57-54-51-48-43-24-21-18-15-12-9-6-3)62-71-65(68)59-56-53-50-47-45-42-40-38-36-34-32-30-28-26-23-20-17-14-11-8-5-2/h25-28,63H,4-24,29-62H2,1-3H3/b27-25-,28-26-. The van der Waals surface area contributed by atoms with Gasteiger partial charge in [0, 0.05) is 19.3 Å². The lowest BCUT2D eigenvalue weighted by molar-refractivity contribution is -0.167. The number of esters is 3. The third kappa shape index (κ3) is 58.8. The highest BCUT2D eigenvalue weighted by atomic mass is 16.6. The molecule has 0 saturated heterocycles.